The van der Waals surface area contributed by atoms with Crippen LogP contribution in [0.5, 0.6) is 0 Å². The summed E-state index contributed by atoms with van der Waals surface area (Å²) in [6.07, 6.45) is 2.83. The first-order chi connectivity index (χ1) is 12.9. The Hall–Kier alpha value is -1.70. The normalized spacial score (nSPS) is 15.5. The van der Waals surface area contributed by atoms with Gasteiger partial charge in [-0.2, -0.15) is 4.31 Å². The molecule has 7 heteroatoms. The predicted molar refractivity (Wildman–Crippen MR) is 109 cm³/mol. The maximum atomic E-state index is 12.9. The van der Waals surface area contributed by atoms with Gasteiger partial charge >= 0.3 is 0 Å². The summed E-state index contributed by atoms with van der Waals surface area (Å²) in [6, 6.07) is 14.1. The lowest BCUT2D eigenvalue weighted by Crippen LogP contribution is -2.35. The van der Waals surface area contributed by atoms with Gasteiger partial charge in [0.15, 0.2) is 0 Å². The number of rotatable bonds is 5. The smallest absolute Gasteiger partial charge is 0.253 e. The van der Waals surface area contributed by atoms with Crippen molar-refractivity contribution in [2.75, 3.05) is 20.1 Å². The van der Waals surface area contributed by atoms with Crippen LogP contribution >= 0.6 is 15.9 Å². The van der Waals surface area contributed by atoms with Gasteiger partial charge in [-0.05, 0) is 48.7 Å². The van der Waals surface area contributed by atoms with E-state index in [2.05, 4.69) is 15.9 Å². The van der Waals surface area contributed by atoms with E-state index in [-0.39, 0.29) is 10.8 Å². The van der Waals surface area contributed by atoms with Crippen LogP contribution in [0.3, 0.4) is 0 Å². The number of piperidine rings is 1. The summed E-state index contributed by atoms with van der Waals surface area (Å²) in [4.78, 5) is 14.6. The van der Waals surface area contributed by atoms with E-state index in [1.807, 2.05) is 24.3 Å². The van der Waals surface area contributed by atoms with Crippen LogP contribution in [0.4, 0.5) is 0 Å². The highest BCUT2D eigenvalue weighted by molar-refractivity contribution is 9.10. The molecule has 0 bridgehead atoms. The van der Waals surface area contributed by atoms with Gasteiger partial charge in [-0.3, -0.25) is 4.79 Å². The Morgan fingerprint density at radius 1 is 1.07 bits per heavy atom. The summed E-state index contributed by atoms with van der Waals surface area (Å²) in [5.41, 5.74) is 1.39. The van der Waals surface area contributed by atoms with Crippen molar-refractivity contribution < 1.29 is 13.2 Å². The third-order valence-electron chi connectivity index (χ3n) is 4.71. The van der Waals surface area contributed by atoms with Crippen LogP contribution in [0.15, 0.2) is 57.9 Å². The highest BCUT2D eigenvalue weighted by atomic mass is 79.9. The largest absolute Gasteiger partial charge is 0.337 e. The standard InChI is InChI=1S/C20H23BrN2O3S/c1-22(15-16-8-10-18(21)11-9-16)20(24)17-6-5-7-19(14-17)27(25,26)23-12-3-2-4-13-23/h5-11,14H,2-4,12-13,15H2,1H3. The minimum absolute atomic E-state index is 0.187. The van der Waals surface area contributed by atoms with Gasteiger partial charge in [-0.1, -0.05) is 40.5 Å². The van der Waals surface area contributed by atoms with Crippen LogP contribution in [0.1, 0.15) is 35.2 Å². The first kappa shape index (κ1) is 20.0. The molecule has 144 valence electrons. The van der Waals surface area contributed by atoms with Gasteiger partial charge in [0.25, 0.3) is 5.91 Å². The molecule has 0 radical (unpaired) electrons. The van der Waals surface area contributed by atoms with Crippen molar-refractivity contribution in [1.29, 1.82) is 0 Å². The van der Waals surface area contributed by atoms with Gasteiger partial charge in [-0.25, -0.2) is 8.42 Å². The summed E-state index contributed by atoms with van der Waals surface area (Å²) >= 11 is 3.40. The molecule has 5 nitrogen and oxygen atoms in total. The summed E-state index contributed by atoms with van der Waals surface area (Å²) in [7, 11) is -1.83. The van der Waals surface area contributed by atoms with Gasteiger partial charge in [0.05, 0.1) is 4.90 Å². The lowest BCUT2D eigenvalue weighted by atomic mass is 10.1. The van der Waals surface area contributed by atoms with Crippen LogP contribution in [0, 0.1) is 0 Å². The van der Waals surface area contributed by atoms with E-state index < -0.39 is 10.0 Å². The van der Waals surface area contributed by atoms with Crippen molar-refractivity contribution in [3.05, 3.63) is 64.1 Å². The molecule has 0 saturated carbocycles. The molecule has 1 aliphatic heterocycles. The number of carbonyl (C=O) groups excluding carboxylic acids is 1. The van der Waals surface area contributed by atoms with Gasteiger partial charge in [0, 0.05) is 36.7 Å². The number of hydrogen-bond donors (Lipinski definition) is 0. The topological polar surface area (TPSA) is 57.7 Å². The molecule has 1 saturated heterocycles. The fourth-order valence-corrected chi connectivity index (χ4v) is 5.03. The van der Waals surface area contributed by atoms with Gasteiger partial charge in [0.1, 0.15) is 0 Å². The molecule has 0 atom stereocenters. The zero-order valence-corrected chi connectivity index (χ0v) is 17.7. The summed E-state index contributed by atoms with van der Waals surface area (Å²) in [5.74, 6) is -0.200. The van der Waals surface area contributed by atoms with E-state index in [1.165, 1.54) is 10.4 Å². The van der Waals surface area contributed by atoms with Gasteiger partial charge in [-0.15, -0.1) is 0 Å². The molecule has 1 aliphatic rings. The molecule has 1 amide bonds. The van der Waals surface area contributed by atoms with E-state index in [4.69, 9.17) is 0 Å². The Balaban J connectivity index is 1.77. The molecule has 0 aliphatic carbocycles. The molecule has 2 aromatic carbocycles. The second-order valence-electron chi connectivity index (χ2n) is 6.78. The number of hydrogen-bond acceptors (Lipinski definition) is 3. The average Bonchev–Trinajstić information content (AvgIpc) is 2.70. The average molecular weight is 451 g/mol. The molecule has 0 unspecified atom stereocenters. The summed E-state index contributed by atoms with van der Waals surface area (Å²) in [6.45, 7) is 1.54. The van der Waals surface area contributed by atoms with Crippen LogP contribution in [0.2, 0.25) is 0 Å². The summed E-state index contributed by atoms with van der Waals surface area (Å²) in [5, 5.41) is 0. The molecule has 2 aromatic rings. The van der Waals surface area contributed by atoms with Crippen molar-refractivity contribution in [3.63, 3.8) is 0 Å². The van der Waals surface area contributed by atoms with Crippen LogP contribution in [-0.2, 0) is 16.6 Å². The lowest BCUT2D eigenvalue weighted by molar-refractivity contribution is 0.0785. The van der Waals surface area contributed by atoms with Crippen LogP contribution in [-0.4, -0.2) is 43.7 Å². The molecular weight excluding hydrogens is 428 g/mol. The maximum Gasteiger partial charge on any atom is 0.253 e. The molecular formula is C20H23BrN2O3S. The number of nitrogens with zero attached hydrogens (tertiary/aromatic N) is 2. The highest BCUT2D eigenvalue weighted by Crippen LogP contribution is 2.22. The molecule has 1 heterocycles. The van der Waals surface area contributed by atoms with Crippen LogP contribution in [0.25, 0.3) is 0 Å². The SMILES string of the molecule is CN(Cc1ccc(Br)cc1)C(=O)c1cccc(S(=O)(=O)N2CCCCC2)c1. The van der Waals surface area contributed by atoms with Gasteiger partial charge in [0.2, 0.25) is 10.0 Å². The molecule has 3 rings (SSSR count). The Morgan fingerprint density at radius 3 is 2.41 bits per heavy atom. The quantitative estimate of drug-likeness (QED) is 0.693. The first-order valence-electron chi connectivity index (χ1n) is 8.98. The number of amides is 1. The lowest BCUT2D eigenvalue weighted by Gasteiger charge is -2.26. The molecule has 0 spiro atoms. The number of sulfonamides is 1. The molecule has 0 aromatic heterocycles. The van der Waals surface area contributed by atoms with E-state index in [0.717, 1.165) is 29.3 Å². The van der Waals surface area contributed by atoms with E-state index in [9.17, 15) is 13.2 Å². The molecule has 0 N–H and O–H groups in total. The summed E-state index contributed by atoms with van der Waals surface area (Å²) < 4.78 is 28.2. The minimum Gasteiger partial charge on any atom is -0.337 e. The fourth-order valence-electron chi connectivity index (χ4n) is 3.20. The van der Waals surface area contributed by atoms with Crippen LogP contribution < -0.4 is 0 Å². The maximum absolute atomic E-state index is 12.9. The minimum atomic E-state index is -3.55. The molecule has 1 fully saturated rings. The fraction of sp³-hybridized carbons (Fsp3) is 0.350. The zero-order valence-electron chi connectivity index (χ0n) is 15.3. The van der Waals surface area contributed by atoms with Crippen molar-refractivity contribution >= 4 is 31.9 Å². The second kappa shape index (κ2) is 8.54. The third kappa shape index (κ3) is 4.78. The molecule has 27 heavy (non-hydrogen) atoms. The van der Waals surface area contributed by atoms with Crippen molar-refractivity contribution in [2.24, 2.45) is 0 Å². The Kier molecular flexibility index (Phi) is 6.34. The first-order valence-corrected chi connectivity index (χ1v) is 11.2. The van der Waals surface area contributed by atoms with Crippen molar-refractivity contribution in [1.82, 2.24) is 9.21 Å². The Labute approximate surface area is 169 Å². The number of benzene rings is 2. The highest BCUT2D eigenvalue weighted by Gasteiger charge is 2.26. The Morgan fingerprint density at radius 2 is 1.74 bits per heavy atom. The van der Waals surface area contributed by atoms with E-state index >= 15 is 0 Å². The predicted octanol–water partition coefficient (Wildman–Crippen LogP) is 3.90. The van der Waals surface area contributed by atoms with E-state index in [0.29, 0.717) is 25.2 Å². The van der Waals surface area contributed by atoms with E-state index in [1.54, 1.807) is 30.1 Å². The zero-order chi connectivity index (χ0) is 19.4. The monoisotopic (exact) mass is 450 g/mol. The number of halogens is 1. The second-order valence-corrected chi connectivity index (χ2v) is 9.63. The van der Waals surface area contributed by atoms with Crippen molar-refractivity contribution in [2.45, 2.75) is 30.7 Å². The van der Waals surface area contributed by atoms with Gasteiger partial charge < -0.3 is 4.90 Å². The Bertz CT molecular complexity index is 907. The third-order valence-corrected chi connectivity index (χ3v) is 7.14. The van der Waals surface area contributed by atoms with Crippen molar-refractivity contribution in [3.8, 4) is 0 Å². The number of carbonyl (C=O) groups is 1.